The van der Waals surface area contributed by atoms with Crippen molar-refractivity contribution in [3.8, 4) is 0 Å². The maximum atomic E-state index is 11.9. The number of ether oxygens (including phenoxy) is 6. The summed E-state index contributed by atoms with van der Waals surface area (Å²) in [6.45, 7) is 5.50. The summed E-state index contributed by atoms with van der Waals surface area (Å²) in [5, 5.41) is 0. The molecule has 0 bridgehead atoms. The quantitative estimate of drug-likeness (QED) is 0.164. The molecule has 0 aromatic heterocycles. The number of hydrogen-bond acceptors (Lipinski definition) is 10. The van der Waals surface area contributed by atoms with E-state index in [9.17, 15) is 19.2 Å². The van der Waals surface area contributed by atoms with Gasteiger partial charge in [-0.25, -0.2) is 14.4 Å². The van der Waals surface area contributed by atoms with Crippen LogP contribution >= 0.6 is 0 Å². The van der Waals surface area contributed by atoms with E-state index in [1.165, 1.54) is 0 Å². The van der Waals surface area contributed by atoms with Gasteiger partial charge in [0, 0.05) is 0 Å². The van der Waals surface area contributed by atoms with Crippen LogP contribution in [0.5, 0.6) is 0 Å². The molecule has 0 rings (SSSR count). The normalized spacial score (nSPS) is 12.5. The average molecular weight is 378 g/mol. The van der Waals surface area contributed by atoms with Crippen LogP contribution in [0.4, 0.5) is 9.59 Å². The van der Waals surface area contributed by atoms with Gasteiger partial charge in [0.25, 0.3) is 6.47 Å². The van der Waals surface area contributed by atoms with E-state index in [1.54, 1.807) is 0 Å². The Balaban J connectivity index is 4.98. The largest absolute Gasteiger partial charge is 0.534 e. The van der Waals surface area contributed by atoms with Gasteiger partial charge in [-0.1, -0.05) is 33.6 Å². The van der Waals surface area contributed by atoms with E-state index >= 15 is 0 Å². The second-order valence-corrected chi connectivity index (χ2v) is 5.55. The van der Waals surface area contributed by atoms with Crippen LogP contribution in [-0.2, 0) is 38.0 Å². The molecule has 10 heteroatoms. The Morgan fingerprint density at radius 3 is 2.04 bits per heavy atom. The minimum absolute atomic E-state index is 0.00382. The topological polar surface area (TPSA) is 124 Å². The van der Waals surface area contributed by atoms with Gasteiger partial charge in [-0.2, -0.15) is 0 Å². The first-order chi connectivity index (χ1) is 12.3. The van der Waals surface area contributed by atoms with Crippen molar-refractivity contribution in [2.24, 2.45) is 5.92 Å². The van der Waals surface area contributed by atoms with E-state index in [-0.39, 0.29) is 25.6 Å². The molecule has 1 atom stereocenters. The Hall–Kier alpha value is -2.52. The average Bonchev–Trinajstić information content (AvgIpc) is 2.57. The van der Waals surface area contributed by atoms with E-state index < -0.39 is 24.3 Å². The van der Waals surface area contributed by atoms with Gasteiger partial charge in [-0.15, -0.1) is 0 Å². The number of rotatable bonds is 12. The Bertz CT molecular complexity index is 462. The van der Waals surface area contributed by atoms with Gasteiger partial charge >= 0.3 is 24.3 Å². The highest BCUT2D eigenvalue weighted by Gasteiger charge is 2.53. The first-order valence-electron chi connectivity index (χ1n) is 8.22. The summed E-state index contributed by atoms with van der Waals surface area (Å²) < 4.78 is 27.4. The second-order valence-electron chi connectivity index (χ2n) is 5.55. The highest BCUT2D eigenvalue weighted by molar-refractivity contribution is 5.82. The number of unbranched alkanes of at least 4 members (excludes halogenated alkanes) is 2. The zero-order valence-electron chi connectivity index (χ0n) is 15.5. The van der Waals surface area contributed by atoms with Gasteiger partial charge in [-0.3, -0.25) is 4.79 Å². The van der Waals surface area contributed by atoms with Crippen LogP contribution in [0.1, 0.15) is 46.5 Å². The van der Waals surface area contributed by atoms with E-state index in [0.29, 0.717) is 12.8 Å². The maximum absolute atomic E-state index is 11.9. The molecule has 26 heavy (non-hydrogen) atoms. The molecule has 0 heterocycles. The molecule has 0 radical (unpaired) electrons. The lowest BCUT2D eigenvalue weighted by Gasteiger charge is -2.25. The lowest BCUT2D eigenvalue weighted by Crippen LogP contribution is -2.50. The summed E-state index contributed by atoms with van der Waals surface area (Å²) in [6.07, 6.45) is 0.00168. The molecule has 10 nitrogen and oxygen atoms in total. The minimum Gasteiger partial charge on any atom is -0.460 e. The fourth-order valence-corrected chi connectivity index (χ4v) is 1.55. The minimum atomic E-state index is -3.09. The molecule has 0 aromatic carbocycles. The summed E-state index contributed by atoms with van der Waals surface area (Å²) in [5.74, 6) is -4.31. The number of carbonyl (C=O) groups is 4. The monoisotopic (exact) mass is 378 g/mol. The van der Waals surface area contributed by atoms with Crippen LogP contribution in [0.15, 0.2) is 0 Å². The molecule has 0 aromatic rings. The van der Waals surface area contributed by atoms with E-state index in [1.807, 2.05) is 20.8 Å². The summed E-state index contributed by atoms with van der Waals surface area (Å²) in [6, 6.07) is 0. The van der Waals surface area contributed by atoms with Crippen molar-refractivity contribution in [1.29, 1.82) is 0 Å². The summed E-state index contributed by atoms with van der Waals surface area (Å²) >= 11 is 0. The zero-order chi connectivity index (χ0) is 20.0. The predicted octanol–water partition coefficient (Wildman–Crippen LogP) is 2.53. The van der Waals surface area contributed by atoms with Gasteiger partial charge < -0.3 is 28.4 Å². The lowest BCUT2D eigenvalue weighted by molar-refractivity contribution is -0.308. The first kappa shape index (κ1) is 23.5. The molecule has 0 saturated carbocycles. The van der Waals surface area contributed by atoms with Crippen LogP contribution < -0.4 is 0 Å². The van der Waals surface area contributed by atoms with Crippen molar-refractivity contribution in [2.75, 3.05) is 20.3 Å². The summed E-state index contributed by atoms with van der Waals surface area (Å²) in [7, 11) is 0.911. The molecule has 0 aliphatic rings. The Morgan fingerprint density at radius 2 is 1.58 bits per heavy atom. The van der Waals surface area contributed by atoms with E-state index in [4.69, 9.17) is 9.47 Å². The fraction of sp³-hybridized carbons (Fsp3) is 0.750. The molecule has 150 valence electrons. The van der Waals surface area contributed by atoms with Crippen molar-refractivity contribution < 1.29 is 47.6 Å². The van der Waals surface area contributed by atoms with Crippen LogP contribution in [0.25, 0.3) is 0 Å². The second kappa shape index (κ2) is 12.8. The standard InChI is InChI=1S/C16H26O10/c1-5-6-7-9-22-14(19)25-16(24-11-17,13(18)21-4)26-15(20)23-10-8-12(2)3/h11-12H,5-10H2,1-4H3. The molecule has 0 spiro atoms. The van der Waals surface area contributed by atoms with Crippen LogP contribution in [-0.4, -0.2) is 51.0 Å². The molecule has 0 aliphatic carbocycles. The number of carbonyl (C=O) groups excluding carboxylic acids is 4. The van der Waals surface area contributed by atoms with Gasteiger partial charge in [0.05, 0.1) is 20.3 Å². The Kier molecular flexibility index (Phi) is 11.5. The molecular formula is C16H26O10. The molecule has 0 aliphatic heterocycles. The molecule has 1 unspecified atom stereocenters. The van der Waals surface area contributed by atoms with Gasteiger partial charge in [0.1, 0.15) is 0 Å². The number of methoxy groups -OCH3 is 1. The van der Waals surface area contributed by atoms with E-state index in [2.05, 4.69) is 18.9 Å². The third kappa shape index (κ3) is 9.09. The fourth-order valence-electron chi connectivity index (χ4n) is 1.55. The SMILES string of the molecule is CCCCCOC(=O)OC(OC=O)(OC(=O)OCCC(C)C)C(=O)OC. The molecule has 0 amide bonds. The van der Waals surface area contributed by atoms with Crippen molar-refractivity contribution in [3.05, 3.63) is 0 Å². The maximum Gasteiger partial charge on any atom is 0.534 e. The number of esters is 1. The van der Waals surface area contributed by atoms with Crippen molar-refractivity contribution in [3.63, 3.8) is 0 Å². The number of hydrogen-bond donors (Lipinski definition) is 0. The summed E-state index contributed by atoms with van der Waals surface area (Å²) in [4.78, 5) is 46.1. The third-order valence-corrected chi connectivity index (χ3v) is 2.96. The lowest BCUT2D eigenvalue weighted by atomic mass is 10.1. The van der Waals surface area contributed by atoms with Crippen LogP contribution in [0.2, 0.25) is 0 Å². The van der Waals surface area contributed by atoms with Crippen LogP contribution in [0, 0.1) is 5.92 Å². The Morgan fingerprint density at radius 1 is 1.00 bits per heavy atom. The smallest absolute Gasteiger partial charge is 0.460 e. The highest BCUT2D eigenvalue weighted by Crippen LogP contribution is 2.19. The molecule has 0 fully saturated rings. The van der Waals surface area contributed by atoms with Crippen molar-refractivity contribution in [2.45, 2.75) is 52.4 Å². The third-order valence-electron chi connectivity index (χ3n) is 2.96. The van der Waals surface area contributed by atoms with Gasteiger partial charge in [-0.05, 0) is 18.8 Å². The van der Waals surface area contributed by atoms with E-state index in [0.717, 1.165) is 20.0 Å². The highest BCUT2D eigenvalue weighted by atomic mass is 17.0. The predicted molar refractivity (Wildman–Crippen MR) is 85.7 cm³/mol. The Labute approximate surface area is 152 Å². The van der Waals surface area contributed by atoms with Crippen molar-refractivity contribution >= 4 is 24.8 Å². The zero-order valence-corrected chi connectivity index (χ0v) is 15.5. The molecule has 0 N–H and O–H groups in total. The molecule has 0 saturated heterocycles. The van der Waals surface area contributed by atoms with Crippen molar-refractivity contribution in [1.82, 2.24) is 0 Å². The first-order valence-corrected chi connectivity index (χ1v) is 8.22. The van der Waals surface area contributed by atoms with Gasteiger partial charge in [0.15, 0.2) is 0 Å². The summed E-state index contributed by atoms with van der Waals surface area (Å²) in [5.41, 5.74) is 0. The molecular weight excluding hydrogens is 352 g/mol. The van der Waals surface area contributed by atoms with Crippen LogP contribution in [0.3, 0.4) is 0 Å². The van der Waals surface area contributed by atoms with Gasteiger partial charge in [0.2, 0.25) is 0 Å².